The molecule has 0 spiro atoms. The molecule has 2 rings (SSSR count). The summed E-state index contributed by atoms with van der Waals surface area (Å²) in [6.45, 7) is 0.430. The van der Waals surface area contributed by atoms with E-state index < -0.39 is 0 Å². The van der Waals surface area contributed by atoms with Crippen molar-refractivity contribution in [3.63, 3.8) is 0 Å². The third-order valence-electron chi connectivity index (χ3n) is 1.59. The van der Waals surface area contributed by atoms with Gasteiger partial charge in [-0.1, -0.05) is 0 Å². The molecule has 72 valence electrons. The van der Waals surface area contributed by atoms with Crippen molar-refractivity contribution < 1.29 is 4.74 Å². The van der Waals surface area contributed by atoms with E-state index >= 15 is 0 Å². The van der Waals surface area contributed by atoms with E-state index in [1.165, 1.54) is 11.3 Å². The highest BCUT2D eigenvalue weighted by molar-refractivity contribution is 7.13. The first-order valence-corrected chi connectivity index (χ1v) is 4.95. The van der Waals surface area contributed by atoms with Crippen molar-refractivity contribution in [3.05, 3.63) is 35.6 Å². The summed E-state index contributed by atoms with van der Waals surface area (Å²) in [5, 5.41) is 2.45. The van der Waals surface area contributed by atoms with Crippen LogP contribution in [0.3, 0.4) is 0 Å². The van der Waals surface area contributed by atoms with Gasteiger partial charge in [0.1, 0.15) is 12.4 Å². The molecule has 4 nitrogen and oxygen atoms in total. The summed E-state index contributed by atoms with van der Waals surface area (Å²) in [6, 6.07) is 3.67. The fourth-order valence-electron chi connectivity index (χ4n) is 0.979. The second kappa shape index (κ2) is 4.06. The maximum absolute atomic E-state index is 5.49. The van der Waals surface area contributed by atoms with E-state index in [2.05, 4.69) is 9.97 Å². The highest BCUT2D eigenvalue weighted by atomic mass is 32.1. The van der Waals surface area contributed by atoms with Crippen LogP contribution in [0.2, 0.25) is 0 Å². The molecular weight excluding hydrogens is 198 g/mol. The van der Waals surface area contributed by atoms with Crippen molar-refractivity contribution in [2.45, 2.75) is 6.61 Å². The molecule has 0 saturated heterocycles. The molecule has 2 N–H and O–H groups in total. The number of aromatic nitrogens is 2. The monoisotopic (exact) mass is 207 g/mol. The van der Waals surface area contributed by atoms with Crippen LogP contribution in [0, 0.1) is 0 Å². The number of anilines is 1. The third-order valence-corrected chi connectivity index (χ3v) is 2.31. The van der Waals surface area contributed by atoms with E-state index in [1.807, 2.05) is 17.5 Å². The van der Waals surface area contributed by atoms with Crippen molar-refractivity contribution in [2.75, 3.05) is 5.73 Å². The highest BCUT2D eigenvalue weighted by Crippen LogP contribution is 2.14. The van der Waals surface area contributed by atoms with Crippen molar-refractivity contribution in [2.24, 2.45) is 0 Å². The Balaban J connectivity index is 1.95. The van der Waals surface area contributed by atoms with E-state index in [4.69, 9.17) is 10.5 Å². The van der Waals surface area contributed by atoms with Gasteiger partial charge in [-0.2, -0.15) is 0 Å². The minimum atomic E-state index is 0.430. The number of rotatable bonds is 3. The van der Waals surface area contributed by atoms with Crippen molar-refractivity contribution in [1.82, 2.24) is 9.97 Å². The van der Waals surface area contributed by atoms with Crippen molar-refractivity contribution in [3.8, 4) is 5.75 Å². The van der Waals surface area contributed by atoms with Gasteiger partial charge in [-0.15, -0.1) is 11.3 Å². The van der Waals surface area contributed by atoms with Gasteiger partial charge < -0.3 is 10.5 Å². The zero-order chi connectivity index (χ0) is 9.80. The lowest BCUT2D eigenvalue weighted by Crippen LogP contribution is -1.96. The topological polar surface area (TPSA) is 61.0 Å². The fourth-order valence-corrected chi connectivity index (χ4v) is 1.53. The minimum Gasteiger partial charge on any atom is -0.486 e. The summed E-state index contributed by atoms with van der Waals surface area (Å²) in [4.78, 5) is 8.01. The Morgan fingerprint density at radius 2 is 2.43 bits per heavy atom. The molecule has 0 atom stereocenters. The number of hydrogen-bond acceptors (Lipinski definition) is 5. The molecule has 5 heteroatoms. The average molecular weight is 207 g/mol. The maximum atomic E-state index is 5.49. The number of nitrogens with two attached hydrogens (primary N) is 1. The predicted octanol–water partition coefficient (Wildman–Crippen LogP) is 1.70. The molecule has 0 fully saturated rings. The fraction of sp³-hybridized carbons (Fsp3) is 0.111. The molecule has 0 aromatic carbocycles. The second-order valence-corrected chi connectivity index (χ2v) is 3.54. The first kappa shape index (κ1) is 8.96. The summed E-state index contributed by atoms with van der Waals surface area (Å²) in [5.74, 6) is 0.735. The molecule has 0 amide bonds. The lowest BCUT2D eigenvalue weighted by atomic mass is 10.4. The summed E-state index contributed by atoms with van der Waals surface area (Å²) in [6.07, 6.45) is 3.36. The lowest BCUT2D eigenvalue weighted by molar-refractivity contribution is 0.301. The molecular formula is C9H9N3OS. The van der Waals surface area contributed by atoms with Gasteiger partial charge in [-0.05, 0) is 12.1 Å². The van der Waals surface area contributed by atoms with E-state index in [-0.39, 0.29) is 0 Å². The van der Waals surface area contributed by atoms with Crippen LogP contribution in [0.1, 0.15) is 5.69 Å². The largest absolute Gasteiger partial charge is 0.486 e. The van der Waals surface area contributed by atoms with Crippen LogP contribution >= 0.6 is 11.3 Å². The summed E-state index contributed by atoms with van der Waals surface area (Å²) in [5.41, 5.74) is 6.33. The second-order valence-electron chi connectivity index (χ2n) is 2.65. The Labute approximate surface area is 85.4 Å². The number of hydrogen-bond donors (Lipinski definition) is 1. The normalized spacial score (nSPS) is 10.0. The van der Waals surface area contributed by atoms with Crippen LogP contribution < -0.4 is 10.5 Å². The predicted molar refractivity (Wildman–Crippen MR) is 55.1 cm³/mol. The van der Waals surface area contributed by atoms with E-state index in [0.717, 1.165) is 11.4 Å². The van der Waals surface area contributed by atoms with E-state index in [1.54, 1.807) is 12.4 Å². The molecule has 14 heavy (non-hydrogen) atoms. The molecule has 0 bridgehead atoms. The van der Waals surface area contributed by atoms with Gasteiger partial charge in [-0.25, -0.2) is 4.98 Å². The summed E-state index contributed by atoms with van der Waals surface area (Å²) >= 11 is 1.41. The van der Waals surface area contributed by atoms with Crippen molar-refractivity contribution in [1.29, 1.82) is 0 Å². The Morgan fingerprint density at radius 1 is 1.50 bits per heavy atom. The Bertz CT molecular complexity index is 401. The van der Waals surface area contributed by atoms with Crippen LogP contribution in [0.4, 0.5) is 5.13 Å². The lowest BCUT2D eigenvalue weighted by Gasteiger charge is -2.01. The summed E-state index contributed by atoms with van der Waals surface area (Å²) < 4.78 is 5.43. The molecule has 2 aromatic heterocycles. The van der Waals surface area contributed by atoms with Gasteiger partial charge in [0.2, 0.25) is 0 Å². The first-order chi connectivity index (χ1) is 6.84. The average Bonchev–Trinajstić information content (AvgIpc) is 2.63. The number of nitrogen functional groups attached to an aromatic ring is 1. The SMILES string of the molecule is Nc1nc(COc2cccnc2)cs1. The van der Waals surface area contributed by atoms with E-state index in [9.17, 15) is 0 Å². The smallest absolute Gasteiger partial charge is 0.180 e. The zero-order valence-electron chi connectivity index (χ0n) is 7.38. The number of thiazole rings is 1. The number of nitrogens with zero attached hydrogens (tertiary/aromatic N) is 2. The van der Waals surface area contributed by atoms with Crippen LogP contribution in [0.5, 0.6) is 5.75 Å². The molecule has 0 aliphatic heterocycles. The highest BCUT2D eigenvalue weighted by Gasteiger charge is 1.99. The number of ether oxygens (including phenoxy) is 1. The molecule has 0 aliphatic rings. The standard InChI is InChI=1S/C9H9N3OS/c10-9-12-7(6-14-9)5-13-8-2-1-3-11-4-8/h1-4,6H,5H2,(H2,10,12). The van der Waals surface area contributed by atoms with E-state index in [0.29, 0.717) is 11.7 Å². The van der Waals surface area contributed by atoms with Crippen LogP contribution in [-0.2, 0) is 6.61 Å². The van der Waals surface area contributed by atoms with Gasteiger partial charge in [0.25, 0.3) is 0 Å². The quantitative estimate of drug-likeness (QED) is 0.832. The summed E-state index contributed by atoms with van der Waals surface area (Å²) in [7, 11) is 0. The Morgan fingerprint density at radius 3 is 3.07 bits per heavy atom. The molecule has 2 heterocycles. The molecule has 2 aromatic rings. The molecule has 0 unspecified atom stereocenters. The van der Waals surface area contributed by atoms with Crippen LogP contribution in [-0.4, -0.2) is 9.97 Å². The first-order valence-electron chi connectivity index (χ1n) is 4.07. The van der Waals surface area contributed by atoms with Gasteiger partial charge in [0.15, 0.2) is 5.13 Å². The van der Waals surface area contributed by atoms with Gasteiger partial charge in [0, 0.05) is 11.6 Å². The third kappa shape index (κ3) is 2.20. The van der Waals surface area contributed by atoms with Crippen molar-refractivity contribution >= 4 is 16.5 Å². The van der Waals surface area contributed by atoms with Gasteiger partial charge in [-0.3, -0.25) is 4.98 Å². The Kier molecular flexibility index (Phi) is 2.60. The van der Waals surface area contributed by atoms with Crippen LogP contribution in [0.25, 0.3) is 0 Å². The molecule has 0 saturated carbocycles. The maximum Gasteiger partial charge on any atom is 0.180 e. The zero-order valence-corrected chi connectivity index (χ0v) is 8.20. The van der Waals surface area contributed by atoms with Gasteiger partial charge >= 0.3 is 0 Å². The number of pyridine rings is 1. The molecule has 0 aliphatic carbocycles. The minimum absolute atomic E-state index is 0.430. The Hall–Kier alpha value is -1.62. The molecule has 0 radical (unpaired) electrons. The van der Waals surface area contributed by atoms with Crippen LogP contribution in [0.15, 0.2) is 29.9 Å². The van der Waals surface area contributed by atoms with Gasteiger partial charge in [0.05, 0.1) is 11.9 Å².